The number of aliphatic carboxylic acids is 1. The monoisotopic (exact) mass is 259 g/mol. The Kier molecular flexibility index (Phi) is 7.50. The number of carboxylic acids is 1. The largest absolute Gasteiger partial charge is 0.481 e. The Bertz CT molecular complexity index is 307. The molecule has 1 unspecified atom stereocenters. The highest BCUT2D eigenvalue weighted by Crippen LogP contribution is 1.99. The SMILES string of the molecule is CNC(=O)CCN(C)C(=O)NCCC(C)C(=O)O. The molecule has 0 aliphatic heterocycles. The molecular formula is C11H21N3O4. The van der Waals surface area contributed by atoms with Gasteiger partial charge in [-0.2, -0.15) is 0 Å². The smallest absolute Gasteiger partial charge is 0.317 e. The highest BCUT2D eigenvalue weighted by molar-refractivity contribution is 5.77. The van der Waals surface area contributed by atoms with Crippen LogP contribution in [0.25, 0.3) is 0 Å². The van der Waals surface area contributed by atoms with Gasteiger partial charge in [-0.25, -0.2) is 4.79 Å². The lowest BCUT2D eigenvalue weighted by molar-refractivity contribution is -0.141. The Morgan fingerprint density at radius 3 is 2.44 bits per heavy atom. The van der Waals surface area contributed by atoms with Crippen molar-refractivity contribution in [1.82, 2.24) is 15.5 Å². The average Bonchev–Trinajstić information content (AvgIpc) is 2.34. The van der Waals surface area contributed by atoms with Crippen LogP contribution in [0.15, 0.2) is 0 Å². The molecule has 3 N–H and O–H groups in total. The molecule has 0 fully saturated rings. The number of urea groups is 1. The molecule has 0 aromatic heterocycles. The predicted molar refractivity (Wildman–Crippen MR) is 66.1 cm³/mol. The van der Waals surface area contributed by atoms with Gasteiger partial charge in [0, 0.05) is 33.6 Å². The standard InChI is InChI=1S/C11H21N3O4/c1-8(10(16)17)4-6-13-11(18)14(3)7-5-9(15)12-2/h8H,4-7H2,1-3H3,(H,12,15)(H,13,18)(H,16,17). The highest BCUT2D eigenvalue weighted by atomic mass is 16.4. The van der Waals surface area contributed by atoms with Crippen molar-refractivity contribution in [2.24, 2.45) is 5.92 Å². The Balaban J connectivity index is 3.81. The van der Waals surface area contributed by atoms with E-state index >= 15 is 0 Å². The Morgan fingerprint density at radius 2 is 1.94 bits per heavy atom. The van der Waals surface area contributed by atoms with E-state index in [0.717, 1.165) is 0 Å². The minimum Gasteiger partial charge on any atom is -0.481 e. The molecule has 0 saturated heterocycles. The van der Waals surface area contributed by atoms with E-state index in [1.165, 1.54) is 11.9 Å². The maximum atomic E-state index is 11.5. The summed E-state index contributed by atoms with van der Waals surface area (Å²) in [6, 6.07) is -0.309. The van der Waals surface area contributed by atoms with Crippen LogP contribution in [-0.4, -0.2) is 55.1 Å². The molecule has 0 aromatic carbocycles. The third-order valence-electron chi connectivity index (χ3n) is 2.57. The molecule has 0 bridgehead atoms. The van der Waals surface area contributed by atoms with Gasteiger partial charge in [0.25, 0.3) is 0 Å². The second-order valence-electron chi connectivity index (χ2n) is 4.10. The first kappa shape index (κ1) is 16.2. The first-order valence-corrected chi connectivity index (χ1v) is 5.80. The van der Waals surface area contributed by atoms with Gasteiger partial charge in [0.1, 0.15) is 0 Å². The fourth-order valence-electron chi connectivity index (χ4n) is 1.15. The Morgan fingerprint density at radius 1 is 1.33 bits per heavy atom. The van der Waals surface area contributed by atoms with Gasteiger partial charge in [0.05, 0.1) is 5.92 Å². The predicted octanol–water partition coefficient (Wildman–Crippen LogP) is -0.125. The molecule has 1 atom stereocenters. The molecule has 7 nitrogen and oxygen atoms in total. The zero-order valence-electron chi connectivity index (χ0n) is 11.0. The Hall–Kier alpha value is -1.79. The van der Waals surface area contributed by atoms with E-state index < -0.39 is 11.9 Å². The van der Waals surface area contributed by atoms with Crippen LogP contribution in [0.2, 0.25) is 0 Å². The van der Waals surface area contributed by atoms with Gasteiger partial charge in [-0.1, -0.05) is 6.92 Å². The molecule has 0 saturated carbocycles. The third-order valence-corrected chi connectivity index (χ3v) is 2.57. The molecule has 0 radical (unpaired) electrons. The summed E-state index contributed by atoms with van der Waals surface area (Å²) < 4.78 is 0. The molecule has 0 aliphatic carbocycles. The zero-order valence-corrected chi connectivity index (χ0v) is 11.0. The van der Waals surface area contributed by atoms with Gasteiger partial charge in [-0.3, -0.25) is 9.59 Å². The molecule has 0 spiro atoms. The van der Waals surface area contributed by atoms with E-state index in [2.05, 4.69) is 10.6 Å². The van der Waals surface area contributed by atoms with Crippen LogP contribution in [0, 0.1) is 5.92 Å². The molecular weight excluding hydrogens is 238 g/mol. The van der Waals surface area contributed by atoms with Crippen LogP contribution in [-0.2, 0) is 9.59 Å². The molecule has 7 heteroatoms. The second kappa shape index (κ2) is 8.32. The van der Waals surface area contributed by atoms with E-state index in [1.807, 2.05) is 0 Å². The lowest BCUT2D eigenvalue weighted by atomic mass is 10.1. The van der Waals surface area contributed by atoms with Crippen molar-refractivity contribution in [2.45, 2.75) is 19.8 Å². The van der Waals surface area contributed by atoms with Gasteiger partial charge in [-0.05, 0) is 6.42 Å². The molecule has 0 aliphatic rings. The van der Waals surface area contributed by atoms with Crippen LogP contribution in [0.3, 0.4) is 0 Å². The molecule has 0 aromatic rings. The summed E-state index contributed by atoms with van der Waals surface area (Å²) in [7, 11) is 3.12. The molecule has 3 amide bonds. The van der Waals surface area contributed by atoms with Crippen LogP contribution >= 0.6 is 0 Å². The average molecular weight is 259 g/mol. The number of carbonyl (C=O) groups excluding carboxylic acids is 2. The van der Waals surface area contributed by atoms with Crippen molar-refractivity contribution < 1.29 is 19.5 Å². The summed E-state index contributed by atoms with van der Waals surface area (Å²) >= 11 is 0. The summed E-state index contributed by atoms with van der Waals surface area (Å²) in [5.41, 5.74) is 0. The summed E-state index contributed by atoms with van der Waals surface area (Å²) in [4.78, 5) is 34.5. The summed E-state index contributed by atoms with van der Waals surface area (Å²) in [5, 5.41) is 13.7. The third kappa shape index (κ3) is 6.72. The van der Waals surface area contributed by atoms with Crippen LogP contribution in [0.1, 0.15) is 19.8 Å². The number of nitrogens with zero attached hydrogens (tertiary/aromatic N) is 1. The normalized spacial score (nSPS) is 11.5. The van der Waals surface area contributed by atoms with Crippen LogP contribution in [0.4, 0.5) is 4.79 Å². The number of carbonyl (C=O) groups is 3. The molecule has 104 valence electrons. The minimum atomic E-state index is -0.878. The minimum absolute atomic E-state index is 0.130. The van der Waals surface area contributed by atoms with E-state index in [0.29, 0.717) is 19.5 Å². The number of hydrogen-bond donors (Lipinski definition) is 3. The van der Waals surface area contributed by atoms with Crippen molar-refractivity contribution in [1.29, 1.82) is 0 Å². The molecule has 0 heterocycles. The van der Waals surface area contributed by atoms with Crippen molar-refractivity contribution >= 4 is 17.9 Å². The van der Waals surface area contributed by atoms with Crippen molar-refractivity contribution in [3.05, 3.63) is 0 Å². The topological polar surface area (TPSA) is 98.7 Å². The van der Waals surface area contributed by atoms with Gasteiger partial charge in [0.15, 0.2) is 0 Å². The lowest BCUT2D eigenvalue weighted by Crippen LogP contribution is -2.40. The summed E-state index contributed by atoms with van der Waals surface area (Å²) in [6.07, 6.45) is 0.621. The first-order valence-electron chi connectivity index (χ1n) is 5.80. The van der Waals surface area contributed by atoms with E-state index in [4.69, 9.17) is 5.11 Å². The quantitative estimate of drug-likeness (QED) is 0.593. The maximum absolute atomic E-state index is 11.5. The number of amides is 3. The van der Waals surface area contributed by atoms with Gasteiger partial charge in [-0.15, -0.1) is 0 Å². The maximum Gasteiger partial charge on any atom is 0.317 e. The zero-order chi connectivity index (χ0) is 14.1. The van der Waals surface area contributed by atoms with Crippen molar-refractivity contribution in [3.63, 3.8) is 0 Å². The number of hydrogen-bond acceptors (Lipinski definition) is 3. The number of nitrogens with one attached hydrogen (secondary N) is 2. The van der Waals surface area contributed by atoms with E-state index in [1.54, 1.807) is 14.0 Å². The number of carboxylic acid groups (broad SMARTS) is 1. The Labute approximate surface area is 107 Å². The second-order valence-corrected chi connectivity index (χ2v) is 4.10. The van der Waals surface area contributed by atoms with E-state index in [9.17, 15) is 14.4 Å². The molecule has 0 rings (SSSR count). The van der Waals surface area contributed by atoms with Gasteiger partial charge >= 0.3 is 12.0 Å². The van der Waals surface area contributed by atoms with Crippen LogP contribution in [0.5, 0.6) is 0 Å². The van der Waals surface area contributed by atoms with Crippen molar-refractivity contribution in [3.8, 4) is 0 Å². The molecule has 18 heavy (non-hydrogen) atoms. The van der Waals surface area contributed by atoms with E-state index in [-0.39, 0.29) is 18.4 Å². The lowest BCUT2D eigenvalue weighted by Gasteiger charge is -2.17. The van der Waals surface area contributed by atoms with Crippen LogP contribution < -0.4 is 10.6 Å². The van der Waals surface area contributed by atoms with Crippen molar-refractivity contribution in [2.75, 3.05) is 27.2 Å². The van der Waals surface area contributed by atoms with Gasteiger partial charge in [0.2, 0.25) is 5.91 Å². The van der Waals surface area contributed by atoms with Gasteiger partial charge < -0.3 is 20.6 Å². The highest BCUT2D eigenvalue weighted by Gasteiger charge is 2.13. The number of rotatable bonds is 7. The fraction of sp³-hybridized carbons (Fsp3) is 0.727. The summed E-state index contributed by atoms with van der Waals surface area (Å²) in [6.45, 7) is 2.21. The fourth-order valence-corrected chi connectivity index (χ4v) is 1.15. The summed E-state index contributed by atoms with van der Waals surface area (Å²) in [5.74, 6) is -1.49. The first-order chi connectivity index (χ1) is 8.38.